The van der Waals surface area contributed by atoms with Gasteiger partial charge in [0.25, 0.3) is 0 Å². The molecule has 0 fully saturated rings. The summed E-state index contributed by atoms with van der Waals surface area (Å²) in [5, 5.41) is 0. The Morgan fingerprint density at radius 2 is 1.77 bits per heavy atom. The van der Waals surface area contributed by atoms with Gasteiger partial charge in [0.05, 0.1) is 32.0 Å². The number of ether oxygens (including phenoxy) is 6. The molecule has 1 atom stereocenters. The van der Waals surface area contributed by atoms with Crippen molar-refractivity contribution in [3.8, 4) is 28.7 Å². The molecule has 7 heteroatoms. The Morgan fingerprint density at radius 1 is 0.971 bits per heavy atom. The lowest BCUT2D eigenvalue weighted by Crippen LogP contribution is -2.24. The molecule has 0 amide bonds. The third-order valence-electron chi connectivity index (χ3n) is 5.96. The number of esters is 1. The van der Waals surface area contributed by atoms with E-state index in [1.165, 1.54) is 7.11 Å². The van der Waals surface area contributed by atoms with Crippen LogP contribution in [0.3, 0.4) is 0 Å². The second-order valence-electron chi connectivity index (χ2n) is 8.10. The largest absolute Gasteiger partial charge is 0.497 e. The van der Waals surface area contributed by atoms with Crippen LogP contribution >= 0.6 is 0 Å². The fraction of sp³-hybridized carbons (Fsp3) is 0.250. The van der Waals surface area contributed by atoms with Crippen LogP contribution in [0.4, 0.5) is 0 Å². The van der Waals surface area contributed by atoms with Crippen molar-refractivity contribution in [3.05, 3.63) is 82.9 Å². The summed E-state index contributed by atoms with van der Waals surface area (Å²) in [4.78, 5) is 13.3. The molecule has 2 heterocycles. The Balaban J connectivity index is 1.76. The molecule has 1 unspecified atom stereocenters. The molecule has 180 valence electrons. The van der Waals surface area contributed by atoms with Crippen molar-refractivity contribution in [1.29, 1.82) is 0 Å². The van der Waals surface area contributed by atoms with Gasteiger partial charge in [0.2, 0.25) is 6.79 Å². The maximum atomic E-state index is 13.3. The quantitative estimate of drug-likeness (QED) is 0.429. The number of rotatable bonds is 7. The SMILES string of the molecule is CCCOc1cccc2c1C(c1ccc(OC)cc1)=C(C(=O)OC)C(c1ccc3c(c1)OCO3)O2. The van der Waals surface area contributed by atoms with Gasteiger partial charge in [-0.05, 0) is 48.4 Å². The summed E-state index contributed by atoms with van der Waals surface area (Å²) in [7, 11) is 2.98. The first-order chi connectivity index (χ1) is 17.1. The maximum Gasteiger partial charge on any atom is 0.338 e. The van der Waals surface area contributed by atoms with Gasteiger partial charge in [0.15, 0.2) is 17.6 Å². The van der Waals surface area contributed by atoms with Crippen molar-refractivity contribution in [3.63, 3.8) is 0 Å². The van der Waals surface area contributed by atoms with E-state index in [1.54, 1.807) is 7.11 Å². The van der Waals surface area contributed by atoms with Crippen molar-refractivity contribution in [2.45, 2.75) is 19.4 Å². The van der Waals surface area contributed by atoms with Crippen LogP contribution in [0.2, 0.25) is 0 Å². The molecule has 5 rings (SSSR count). The zero-order chi connectivity index (χ0) is 24.4. The highest BCUT2D eigenvalue weighted by Crippen LogP contribution is 2.50. The lowest BCUT2D eigenvalue weighted by atomic mass is 9.85. The molecule has 2 aliphatic heterocycles. The maximum absolute atomic E-state index is 13.3. The van der Waals surface area contributed by atoms with Gasteiger partial charge in [0.1, 0.15) is 17.2 Å². The van der Waals surface area contributed by atoms with Gasteiger partial charge in [-0.25, -0.2) is 4.79 Å². The number of fused-ring (bicyclic) bond motifs is 2. The third kappa shape index (κ3) is 4.14. The summed E-state index contributed by atoms with van der Waals surface area (Å²) in [5.74, 6) is 2.73. The second-order valence-corrected chi connectivity index (χ2v) is 8.10. The highest BCUT2D eigenvalue weighted by atomic mass is 16.7. The van der Waals surface area contributed by atoms with Gasteiger partial charge in [-0.2, -0.15) is 0 Å². The van der Waals surface area contributed by atoms with E-state index in [9.17, 15) is 4.79 Å². The second kappa shape index (κ2) is 9.62. The Hall–Kier alpha value is -4.13. The molecule has 0 bridgehead atoms. The smallest absolute Gasteiger partial charge is 0.338 e. The van der Waals surface area contributed by atoms with Crippen molar-refractivity contribution in [2.75, 3.05) is 27.6 Å². The lowest BCUT2D eigenvalue weighted by Gasteiger charge is -2.31. The van der Waals surface area contributed by atoms with Crippen LogP contribution in [0.1, 0.15) is 36.1 Å². The summed E-state index contributed by atoms with van der Waals surface area (Å²) < 4.78 is 34.2. The van der Waals surface area contributed by atoms with Crippen LogP contribution < -0.4 is 23.7 Å². The van der Waals surface area contributed by atoms with Crippen LogP contribution in [0, 0.1) is 0 Å². The van der Waals surface area contributed by atoms with Crippen molar-refractivity contribution in [1.82, 2.24) is 0 Å². The molecule has 0 saturated heterocycles. The lowest BCUT2D eigenvalue weighted by molar-refractivity contribution is -0.137. The third-order valence-corrected chi connectivity index (χ3v) is 5.96. The van der Waals surface area contributed by atoms with Crippen molar-refractivity contribution < 1.29 is 33.2 Å². The number of benzene rings is 3. The van der Waals surface area contributed by atoms with Crippen LogP contribution in [0.15, 0.2) is 66.2 Å². The summed E-state index contributed by atoms with van der Waals surface area (Å²) in [5.41, 5.74) is 3.33. The van der Waals surface area contributed by atoms with Gasteiger partial charge in [-0.15, -0.1) is 0 Å². The van der Waals surface area contributed by atoms with Gasteiger partial charge >= 0.3 is 5.97 Å². The highest BCUT2D eigenvalue weighted by Gasteiger charge is 2.38. The topological polar surface area (TPSA) is 72.5 Å². The van der Waals surface area contributed by atoms with Crippen molar-refractivity contribution >= 4 is 11.5 Å². The minimum atomic E-state index is -0.733. The van der Waals surface area contributed by atoms with E-state index >= 15 is 0 Å². The molecule has 0 radical (unpaired) electrons. The number of hydrogen-bond acceptors (Lipinski definition) is 7. The van der Waals surface area contributed by atoms with Crippen molar-refractivity contribution in [2.24, 2.45) is 0 Å². The fourth-order valence-corrected chi connectivity index (χ4v) is 4.33. The highest BCUT2D eigenvalue weighted by molar-refractivity contribution is 6.05. The number of methoxy groups -OCH3 is 2. The summed E-state index contributed by atoms with van der Waals surface area (Å²) in [6.45, 7) is 2.73. The first-order valence-corrected chi connectivity index (χ1v) is 11.4. The summed E-state index contributed by atoms with van der Waals surface area (Å²) >= 11 is 0. The number of carbonyl (C=O) groups is 1. The molecule has 2 aliphatic rings. The molecule has 7 nitrogen and oxygen atoms in total. The first kappa shape index (κ1) is 22.7. The standard InChI is InChI=1S/C28H26O7/c1-4-14-32-21-6-5-7-22-25(21)24(17-8-11-19(30-2)12-9-17)26(28(29)31-3)27(35-22)18-10-13-20-23(15-18)34-16-33-20/h5-13,15,27H,4,14,16H2,1-3H3. The summed E-state index contributed by atoms with van der Waals surface area (Å²) in [6.07, 6.45) is 0.110. The molecule has 0 aromatic heterocycles. The molecule has 0 spiro atoms. The minimum Gasteiger partial charge on any atom is -0.497 e. The van der Waals surface area contributed by atoms with Crippen LogP contribution in [-0.4, -0.2) is 33.6 Å². The van der Waals surface area contributed by atoms with Gasteiger partial charge in [-0.3, -0.25) is 0 Å². The Labute approximate surface area is 203 Å². The van der Waals surface area contributed by atoms with E-state index in [0.29, 0.717) is 52.1 Å². The van der Waals surface area contributed by atoms with E-state index in [0.717, 1.165) is 17.5 Å². The minimum absolute atomic E-state index is 0.155. The molecule has 3 aromatic rings. The fourth-order valence-electron chi connectivity index (χ4n) is 4.33. The zero-order valence-electron chi connectivity index (χ0n) is 19.8. The number of hydrogen-bond donors (Lipinski definition) is 0. The van der Waals surface area contributed by atoms with E-state index in [2.05, 4.69) is 0 Å². The molecule has 0 N–H and O–H groups in total. The molecular formula is C28H26O7. The summed E-state index contributed by atoms with van der Waals surface area (Å²) in [6, 6.07) is 18.7. The monoisotopic (exact) mass is 474 g/mol. The first-order valence-electron chi connectivity index (χ1n) is 11.4. The zero-order valence-corrected chi connectivity index (χ0v) is 19.8. The molecule has 0 saturated carbocycles. The average molecular weight is 475 g/mol. The van der Waals surface area contributed by atoms with Gasteiger partial charge in [0, 0.05) is 11.1 Å². The van der Waals surface area contributed by atoms with E-state index < -0.39 is 12.1 Å². The van der Waals surface area contributed by atoms with E-state index in [1.807, 2.05) is 67.6 Å². The predicted molar refractivity (Wildman–Crippen MR) is 129 cm³/mol. The van der Waals surface area contributed by atoms with Crippen LogP contribution in [0.5, 0.6) is 28.7 Å². The Bertz CT molecular complexity index is 1280. The molecule has 3 aromatic carbocycles. The van der Waals surface area contributed by atoms with Crippen LogP contribution in [-0.2, 0) is 9.53 Å². The Kier molecular flexibility index (Phi) is 6.23. The molecular weight excluding hydrogens is 448 g/mol. The average Bonchev–Trinajstić information content (AvgIpc) is 3.38. The van der Waals surface area contributed by atoms with Gasteiger partial charge < -0.3 is 28.4 Å². The van der Waals surface area contributed by atoms with E-state index in [4.69, 9.17) is 28.4 Å². The van der Waals surface area contributed by atoms with Gasteiger partial charge in [-0.1, -0.05) is 31.2 Å². The van der Waals surface area contributed by atoms with Crippen LogP contribution in [0.25, 0.3) is 5.57 Å². The Morgan fingerprint density at radius 3 is 2.51 bits per heavy atom. The normalized spacial score (nSPS) is 15.8. The number of carbonyl (C=O) groups excluding carboxylic acids is 1. The predicted octanol–water partition coefficient (Wildman–Crippen LogP) is 5.32. The molecule has 35 heavy (non-hydrogen) atoms. The van der Waals surface area contributed by atoms with E-state index in [-0.39, 0.29) is 6.79 Å². The molecule has 0 aliphatic carbocycles.